The Hall–Kier alpha value is -1.46. The van der Waals surface area contributed by atoms with E-state index >= 15 is 0 Å². The minimum Gasteiger partial charge on any atom is -0.382 e. The summed E-state index contributed by atoms with van der Waals surface area (Å²) in [5, 5.41) is 0. The zero-order chi connectivity index (χ0) is 16.5. The molecule has 1 aliphatic heterocycles. The highest BCUT2D eigenvalue weighted by Crippen LogP contribution is 2.22. The van der Waals surface area contributed by atoms with Gasteiger partial charge in [0.1, 0.15) is 5.82 Å². The molecule has 4 nitrogen and oxygen atoms in total. The molecule has 0 saturated carbocycles. The van der Waals surface area contributed by atoms with E-state index in [9.17, 15) is 9.18 Å². The summed E-state index contributed by atoms with van der Waals surface area (Å²) in [6, 6.07) is 6.73. The Morgan fingerprint density at radius 2 is 1.87 bits per heavy atom. The number of likely N-dealkylation sites (tertiary alicyclic amines) is 1. The van der Waals surface area contributed by atoms with E-state index in [0.29, 0.717) is 32.2 Å². The number of ether oxygens (including phenoxy) is 2. The third-order valence-corrected chi connectivity index (χ3v) is 4.30. The topological polar surface area (TPSA) is 38.8 Å². The molecule has 0 spiro atoms. The van der Waals surface area contributed by atoms with Gasteiger partial charge >= 0.3 is 0 Å². The predicted octanol–water partition coefficient (Wildman–Crippen LogP) is 2.66. The van der Waals surface area contributed by atoms with Crippen LogP contribution >= 0.6 is 0 Å². The summed E-state index contributed by atoms with van der Waals surface area (Å²) >= 11 is 0. The molecule has 5 heteroatoms. The number of halogens is 1. The molecule has 2 rings (SSSR count). The molecule has 128 valence electrons. The molecule has 1 heterocycles. The molecule has 0 atom stereocenters. The largest absolute Gasteiger partial charge is 0.382 e. The zero-order valence-electron chi connectivity index (χ0n) is 13.8. The van der Waals surface area contributed by atoms with Gasteiger partial charge in [0.15, 0.2) is 0 Å². The van der Waals surface area contributed by atoms with Gasteiger partial charge in [-0.05, 0) is 42.9 Å². The smallest absolute Gasteiger partial charge is 0.224 e. The molecular weight excluding hydrogens is 297 g/mol. The van der Waals surface area contributed by atoms with Crippen LogP contribution in [0.3, 0.4) is 0 Å². The first kappa shape index (κ1) is 17.9. The number of benzene rings is 1. The number of rotatable bonds is 8. The molecule has 0 N–H and O–H groups in total. The number of nitrogens with zero attached hydrogens (tertiary/aromatic N) is 1. The van der Waals surface area contributed by atoms with E-state index < -0.39 is 0 Å². The molecule has 1 saturated heterocycles. The van der Waals surface area contributed by atoms with Gasteiger partial charge in [0.2, 0.25) is 5.91 Å². The lowest BCUT2D eigenvalue weighted by Crippen LogP contribution is -2.39. The van der Waals surface area contributed by atoms with Crippen molar-refractivity contribution in [3.8, 4) is 0 Å². The molecule has 0 unspecified atom stereocenters. The van der Waals surface area contributed by atoms with Crippen molar-refractivity contribution in [2.24, 2.45) is 5.92 Å². The van der Waals surface area contributed by atoms with Crippen LogP contribution in [0.5, 0.6) is 0 Å². The standard InChI is InChI=1S/C18H26FNO3/c1-22-12-13-23-11-8-18(21)20-9-6-16(7-10-20)14-15-2-4-17(19)5-3-15/h2-5,16H,6-14H2,1H3. The van der Waals surface area contributed by atoms with E-state index in [1.165, 1.54) is 17.7 Å². The van der Waals surface area contributed by atoms with E-state index in [4.69, 9.17) is 9.47 Å². The lowest BCUT2D eigenvalue weighted by atomic mass is 9.90. The minimum atomic E-state index is -0.193. The second kappa shape index (κ2) is 9.63. The molecule has 1 amide bonds. The maximum absolute atomic E-state index is 12.9. The highest BCUT2D eigenvalue weighted by atomic mass is 19.1. The van der Waals surface area contributed by atoms with Crippen LogP contribution in [-0.4, -0.2) is 50.8 Å². The molecule has 0 radical (unpaired) electrons. The summed E-state index contributed by atoms with van der Waals surface area (Å²) in [7, 11) is 1.63. The van der Waals surface area contributed by atoms with Gasteiger partial charge in [0.25, 0.3) is 0 Å². The molecule has 23 heavy (non-hydrogen) atoms. The number of hydrogen-bond acceptors (Lipinski definition) is 3. The van der Waals surface area contributed by atoms with Crippen LogP contribution < -0.4 is 0 Å². The molecule has 0 bridgehead atoms. The van der Waals surface area contributed by atoms with Crippen LogP contribution in [0, 0.1) is 11.7 Å². The highest BCUT2D eigenvalue weighted by Gasteiger charge is 2.22. The molecular formula is C18H26FNO3. The SMILES string of the molecule is COCCOCCC(=O)N1CCC(Cc2ccc(F)cc2)CC1. The van der Waals surface area contributed by atoms with Gasteiger partial charge in [-0.1, -0.05) is 12.1 Å². The Morgan fingerprint density at radius 1 is 1.17 bits per heavy atom. The van der Waals surface area contributed by atoms with Gasteiger partial charge in [-0.2, -0.15) is 0 Å². The molecule has 1 fully saturated rings. The monoisotopic (exact) mass is 323 g/mol. The summed E-state index contributed by atoms with van der Waals surface area (Å²) < 4.78 is 23.1. The van der Waals surface area contributed by atoms with Gasteiger partial charge in [-0.25, -0.2) is 4.39 Å². The van der Waals surface area contributed by atoms with Crippen molar-refractivity contribution >= 4 is 5.91 Å². The van der Waals surface area contributed by atoms with Crippen LogP contribution in [0.1, 0.15) is 24.8 Å². The van der Waals surface area contributed by atoms with Crippen molar-refractivity contribution in [3.63, 3.8) is 0 Å². The fourth-order valence-electron chi connectivity index (χ4n) is 2.90. The van der Waals surface area contributed by atoms with Crippen LogP contribution in [0.15, 0.2) is 24.3 Å². The van der Waals surface area contributed by atoms with Gasteiger partial charge < -0.3 is 14.4 Å². The molecule has 1 aromatic carbocycles. The Balaban J connectivity index is 1.65. The molecule has 1 aromatic rings. The number of methoxy groups -OCH3 is 1. The van der Waals surface area contributed by atoms with Gasteiger partial charge in [0, 0.05) is 20.2 Å². The lowest BCUT2D eigenvalue weighted by Gasteiger charge is -2.32. The van der Waals surface area contributed by atoms with Crippen molar-refractivity contribution in [2.75, 3.05) is 40.0 Å². The first-order valence-electron chi connectivity index (χ1n) is 8.28. The van der Waals surface area contributed by atoms with E-state index in [1.807, 2.05) is 17.0 Å². The third kappa shape index (κ3) is 6.28. The maximum Gasteiger partial charge on any atom is 0.224 e. The van der Waals surface area contributed by atoms with Crippen LogP contribution in [-0.2, 0) is 20.7 Å². The predicted molar refractivity (Wildman–Crippen MR) is 86.7 cm³/mol. The van der Waals surface area contributed by atoms with E-state index in [-0.39, 0.29) is 11.7 Å². The quantitative estimate of drug-likeness (QED) is 0.691. The zero-order valence-corrected chi connectivity index (χ0v) is 13.8. The van der Waals surface area contributed by atoms with Crippen LogP contribution in [0.2, 0.25) is 0 Å². The second-order valence-corrected chi connectivity index (χ2v) is 6.01. The average molecular weight is 323 g/mol. The molecule has 0 aliphatic carbocycles. The van der Waals surface area contributed by atoms with Crippen molar-refractivity contribution in [1.82, 2.24) is 4.90 Å². The maximum atomic E-state index is 12.9. The van der Waals surface area contributed by atoms with Gasteiger partial charge in [-0.3, -0.25) is 4.79 Å². The number of carbonyl (C=O) groups excluding carboxylic acids is 1. The number of carbonyl (C=O) groups is 1. The van der Waals surface area contributed by atoms with Crippen molar-refractivity contribution < 1.29 is 18.7 Å². The molecule has 0 aromatic heterocycles. The fourth-order valence-corrected chi connectivity index (χ4v) is 2.90. The Kier molecular flexibility index (Phi) is 7.49. The first-order chi connectivity index (χ1) is 11.2. The molecule has 1 aliphatic rings. The van der Waals surface area contributed by atoms with Crippen molar-refractivity contribution in [2.45, 2.75) is 25.7 Å². The van der Waals surface area contributed by atoms with Crippen LogP contribution in [0.25, 0.3) is 0 Å². The summed E-state index contributed by atoms with van der Waals surface area (Å²) in [4.78, 5) is 14.0. The van der Waals surface area contributed by atoms with Crippen LogP contribution in [0.4, 0.5) is 4.39 Å². The summed E-state index contributed by atoms with van der Waals surface area (Å²) in [5.74, 6) is 0.548. The van der Waals surface area contributed by atoms with Crippen molar-refractivity contribution in [3.05, 3.63) is 35.6 Å². The lowest BCUT2D eigenvalue weighted by molar-refractivity contribution is -0.133. The summed E-state index contributed by atoms with van der Waals surface area (Å²) in [6.07, 6.45) is 3.41. The Labute approximate surface area is 137 Å². The van der Waals surface area contributed by atoms with E-state index in [0.717, 1.165) is 32.4 Å². The minimum absolute atomic E-state index is 0.169. The Bertz CT molecular complexity index is 470. The highest BCUT2D eigenvalue weighted by molar-refractivity contribution is 5.76. The van der Waals surface area contributed by atoms with Gasteiger partial charge in [0.05, 0.1) is 26.2 Å². The number of hydrogen-bond donors (Lipinski definition) is 0. The number of piperidine rings is 1. The second-order valence-electron chi connectivity index (χ2n) is 6.01. The normalized spacial score (nSPS) is 15.8. The summed E-state index contributed by atoms with van der Waals surface area (Å²) in [6.45, 7) is 3.16. The Morgan fingerprint density at radius 3 is 2.52 bits per heavy atom. The first-order valence-corrected chi connectivity index (χ1v) is 8.28. The number of amides is 1. The average Bonchev–Trinajstić information content (AvgIpc) is 2.57. The fraction of sp³-hybridized carbons (Fsp3) is 0.611. The summed E-state index contributed by atoms with van der Waals surface area (Å²) in [5.41, 5.74) is 1.17. The van der Waals surface area contributed by atoms with Gasteiger partial charge in [-0.15, -0.1) is 0 Å². The van der Waals surface area contributed by atoms with E-state index in [2.05, 4.69) is 0 Å². The van der Waals surface area contributed by atoms with E-state index in [1.54, 1.807) is 7.11 Å². The third-order valence-electron chi connectivity index (χ3n) is 4.30. The van der Waals surface area contributed by atoms with Crippen molar-refractivity contribution in [1.29, 1.82) is 0 Å².